The maximum atomic E-state index is 9.19. The number of hydrogen-bond acceptors (Lipinski definition) is 6. The normalized spacial score (nSPS) is 21.3. The first-order chi connectivity index (χ1) is 11.2. The highest BCUT2D eigenvalue weighted by Crippen LogP contribution is 2.27. The number of fused-ring (bicyclic) bond motifs is 1. The van der Waals surface area contributed by atoms with E-state index in [4.69, 9.17) is 4.74 Å². The van der Waals surface area contributed by atoms with Crippen LogP contribution in [0.4, 0.5) is 5.82 Å². The van der Waals surface area contributed by atoms with Gasteiger partial charge in [0.15, 0.2) is 17.0 Å². The van der Waals surface area contributed by atoms with Crippen molar-refractivity contribution in [2.24, 2.45) is 5.92 Å². The van der Waals surface area contributed by atoms with E-state index in [0.29, 0.717) is 0 Å². The second-order valence-electron chi connectivity index (χ2n) is 6.44. The maximum Gasteiger partial charge on any atom is 0.167 e. The number of nitrogens with one attached hydrogen (secondary N) is 1. The first kappa shape index (κ1) is 16.1. The van der Waals surface area contributed by atoms with Crippen molar-refractivity contribution < 1.29 is 9.84 Å². The van der Waals surface area contributed by atoms with Crippen LogP contribution in [-0.2, 0) is 4.74 Å². The number of ether oxygens (including phenoxy) is 1. The Labute approximate surface area is 136 Å². The van der Waals surface area contributed by atoms with Gasteiger partial charge in [0.2, 0.25) is 0 Å². The molecule has 1 fully saturated rings. The molecular weight excluding hydrogens is 294 g/mol. The average molecular weight is 319 g/mol. The quantitative estimate of drug-likeness (QED) is 0.850. The lowest BCUT2D eigenvalue weighted by Crippen LogP contribution is -2.21. The smallest absolute Gasteiger partial charge is 0.167 e. The van der Waals surface area contributed by atoms with Crippen LogP contribution < -0.4 is 5.32 Å². The van der Waals surface area contributed by atoms with Crippen LogP contribution in [0.2, 0.25) is 0 Å². The molecule has 1 aliphatic heterocycles. The minimum Gasteiger partial charge on any atom is -0.396 e. The number of rotatable bonds is 6. The largest absolute Gasteiger partial charge is 0.396 e. The van der Waals surface area contributed by atoms with Crippen molar-refractivity contribution in [3.8, 4) is 0 Å². The van der Waals surface area contributed by atoms with Crippen molar-refractivity contribution in [3.05, 3.63) is 12.7 Å². The van der Waals surface area contributed by atoms with Gasteiger partial charge in [0.25, 0.3) is 0 Å². The minimum atomic E-state index is 0.0170. The van der Waals surface area contributed by atoms with E-state index >= 15 is 0 Å². The Bertz CT molecular complexity index is 638. The van der Waals surface area contributed by atoms with E-state index in [9.17, 15) is 5.11 Å². The van der Waals surface area contributed by atoms with Crippen LogP contribution in [0, 0.1) is 5.92 Å². The summed E-state index contributed by atoms with van der Waals surface area (Å²) in [4.78, 5) is 13.2. The average Bonchev–Trinajstić information content (AvgIpc) is 3.00. The first-order valence-electron chi connectivity index (χ1n) is 8.35. The maximum absolute atomic E-state index is 9.19. The summed E-state index contributed by atoms with van der Waals surface area (Å²) in [5.41, 5.74) is 1.57. The minimum absolute atomic E-state index is 0.0170. The molecule has 23 heavy (non-hydrogen) atoms. The molecule has 0 amide bonds. The monoisotopic (exact) mass is 319 g/mol. The molecule has 0 aromatic carbocycles. The SMILES string of the molecule is CC(CO)CC(C)Nc1ncnc2c1ncn2C1CCCCO1. The molecule has 126 valence electrons. The Morgan fingerprint density at radius 3 is 2.96 bits per heavy atom. The Morgan fingerprint density at radius 1 is 1.35 bits per heavy atom. The second kappa shape index (κ2) is 7.23. The molecule has 3 atom stereocenters. The van der Waals surface area contributed by atoms with Crippen LogP contribution in [0.25, 0.3) is 11.2 Å². The van der Waals surface area contributed by atoms with Gasteiger partial charge in [0, 0.05) is 19.3 Å². The molecule has 0 aliphatic carbocycles. The molecule has 2 aromatic heterocycles. The van der Waals surface area contributed by atoms with Crippen LogP contribution in [0.15, 0.2) is 12.7 Å². The van der Waals surface area contributed by atoms with Gasteiger partial charge >= 0.3 is 0 Å². The zero-order valence-electron chi connectivity index (χ0n) is 13.8. The summed E-state index contributed by atoms with van der Waals surface area (Å²) in [5, 5.41) is 12.6. The van der Waals surface area contributed by atoms with Crippen LogP contribution in [0.1, 0.15) is 45.8 Å². The number of nitrogens with zero attached hydrogens (tertiary/aromatic N) is 4. The number of imidazole rings is 1. The third-order valence-electron chi connectivity index (χ3n) is 4.28. The van der Waals surface area contributed by atoms with Crippen molar-refractivity contribution in [2.45, 2.75) is 51.8 Å². The van der Waals surface area contributed by atoms with E-state index in [-0.39, 0.29) is 24.8 Å². The lowest BCUT2D eigenvalue weighted by atomic mass is 10.0. The Kier molecular flexibility index (Phi) is 5.07. The topological polar surface area (TPSA) is 85.1 Å². The highest BCUT2D eigenvalue weighted by molar-refractivity contribution is 5.82. The van der Waals surface area contributed by atoms with Crippen molar-refractivity contribution in [3.63, 3.8) is 0 Å². The van der Waals surface area contributed by atoms with Gasteiger partial charge < -0.3 is 15.2 Å². The summed E-state index contributed by atoms with van der Waals surface area (Å²) in [6.07, 6.45) is 7.51. The first-order valence-corrected chi connectivity index (χ1v) is 8.35. The number of aliphatic hydroxyl groups is 1. The molecule has 3 rings (SSSR count). The third-order valence-corrected chi connectivity index (χ3v) is 4.28. The van der Waals surface area contributed by atoms with Gasteiger partial charge in [-0.1, -0.05) is 6.92 Å². The molecular formula is C16H25N5O2. The Hall–Kier alpha value is -1.73. The van der Waals surface area contributed by atoms with E-state index in [2.05, 4.69) is 27.2 Å². The predicted molar refractivity (Wildman–Crippen MR) is 88.1 cm³/mol. The predicted octanol–water partition coefficient (Wildman–Crippen LogP) is 2.34. The molecule has 0 radical (unpaired) electrons. The molecule has 3 unspecified atom stereocenters. The summed E-state index contributed by atoms with van der Waals surface area (Å²) in [7, 11) is 0. The van der Waals surface area contributed by atoms with Gasteiger partial charge in [0.1, 0.15) is 12.6 Å². The van der Waals surface area contributed by atoms with Crippen LogP contribution in [0.5, 0.6) is 0 Å². The van der Waals surface area contributed by atoms with Crippen molar-refractivity contribution in [2.75, 3.05) is 18.5 Å². The van der Waals surface area contributed by atoms with Gasteiger partial charge in [-0.25, -0.2) is 15.0 Å². The van der Waals surface area contributed by atoms with Gasteiger partial charge in [-0.05, 0) is 38.5 Å². The molecule has 7 heteroatoms. The van der Waals surface area contributed by atoms with E-state index in [1.165, 1.54) is 0 Å². The van der Waals surface area contributed by atoms with Crippen LogP contribution in [0.3, 0.4) is 0 Å². The number of aliphatic hydroxyl groups excluding tert-OH is 1. The van der Waals surface area contributed by atoms with Gasteiger partial charge in [-0.15, -0.1) is 0 Å². The molecule has 0 bridgehead atoms. The number of hydrogen-bond donors (Lipinski definition) is 2. The fourth-order valence-electron chi connectivity index (χ4n) is 3.08. The second-order valence-corrected chi connectivity index (χ2v) is 6.44. The van der Waals surface area contributed by atoms with Crippen LogP contribution >= 0.6 is 0 Å². The summed E-state index contributed by atoms with van der Waals surface area (Å²) in [6, 6.07) is 0.200. The van der Waals surface area contributed by atoms with Gasteiger partial charge in [-0.2, -0.15) is 0 Å². The zero-order valence-corrected chi connectivity index (χ0v) is 13.8. The summed E-state index contributed by atoms with van der Waals surface area (Å²) in [5.74, 6) is 0.991. The Balaban J connectivity index is 1.80. The molecule has 2 N–H and O–H groups in total. The number of aromatic nitrogens is 4. The van der Waals surface area contributed by atoms with Crippen molar-refractivity contribution in [1.82, 2.24) is 19.5 Å². The molecule has 3 heterocycles. The van der Waals surface area contributed by atoms with E-state index in [0.717, 1.165) is 49.3 Å². The molecule has 1 saturated heterocycles. The van der Waals surface area contributed by atoms with E-state index < -0.39 is 0 Å². The summed E-state index contributed by atoms with van der Waals surface area (Å²) >= 11 is 0. The molecule has 1 aliphatic rings. The molecule has 2 aromatic rings. The van der Waals surface area contributed by atoms with E-state index in [1.54, 1.807) is 12.7 Å². The Morgan fingerprint density at radius 2 is 2.22 bits per heavy atom. The summed E-state index contributed by atoms with van der Waals surface area (Å²) < 4.78 is 7.84. The zero-order chi connectivity index (χ0) is 16.2. The molecule has 7 nitrogen and oxygen atoms in total. The van der Waals surface area contributed by atoms with Gasteiger partial charge in [-0.3, -0.25) is 4.57 Å². The van der Waals surface area contributed by atoms with Crippen LogP contribution in [-0.4, -0.2) is 43.9 Å². The fourth-order valence-corrected chi connectivity index (χ4v) is 3.08. The lowest BCUT2D eigenvalue weighted by molar-refractivity contribution is -0.0298. The highest BCUT2D eigenvalue weighted by Gasteiger charge is 2.20. The van der Waals surface area contributed by atoms with Crippen molar-refractivity contribution in [1.29, 1.82) is 0 Å². The van der Waals surface area contributed by atoms with Crippen molar-refractivity contribution >= 4 is 17.0 Å². The highest BCUT2D eigenvalue weighted by atomic mass is 16.5. The lowest BCUT2D eigenvalue weighted by Gasteiger charge is -2.23. The molecule has 0 spiro atoms. The third kappa shape index (κ3) is 3.61. The summed E-state index contributed by atoms with van der Waals surface area (Å²) in [6.45, 7) is 5.10. The fraction of sp³-hybridized carbons (Fsp3) is 0.688. The standard InChI is InChI=1S/C16H25N5O2/c1-11(8-22)7-12(2)20-15-14-16(18-9-17-15)21(10-19-14)13-5-3-4-6-23-13/h9-13,22H,3-8H2,1-2H3,(H,17,18,20). The number of anilines is 1. The van der Waals surface area contributed by atoms with E-state index in [1.807, 2.05) is 11.5 Å². The molecule has 0 saturated carbocycles. The van der Waals surface area contributed by atoms with Gasteiger partial charge in [0.05, 0.1) is 6.33 Å².